The second kappa shape index (κ2) is 7.71. The van der Waals surface area contributed by atoms with Crippen molar-refractivity contribution in [2.75, 3.05) is 19.6 Å². The zero-order chi connectivity index (χ0) is 10.2. The molecule has 0 unspecified atom stereocenters. The normalized spacial score (nSPS) is 10.9. The summed E-state index contributed by atoms with van der Waals surface area (Å²) in [6, 6.07) is 0. The molecule has 0 aromatic carbocycles. The van der Waals surface area contributed by atoms with Crippen molar-refractivity contribution in [2.45, 2.75) is 20.8 Å². The molecule has 0 radical (unpaired) electrons. The predicted octanol–water partition coefficient (Wildman–Crippen LogP) is -0.213. The molecule has 0 fully saturated rings. The molecule has 5 nitrogen and oxygen atoms in total. The first-order chi connectivity index (χ1) is 5.35. The number of phosphoric acid groups is 1. The van der Waals surface area contributed by atoms with Crippen molar-refractivity contribution in [3.63, 3.8) is 0 Å². The summed E-state index contributed by atoms with van der Waals surface area (Å²) in [5.41, 5.74) is 0. The smallest absolute Gasteiger partial charge is 0.262 e. The lowest BCUT2D eigenvalue weighted by atomic mass is 10.5. The van der Waals surface area contributed by atoms with Gasteiger partial charge in [0.2, 0.25) is 0 Å². The summed E-state index contributed by atoms with van der Waals surface area (Å²) in [6.07, 6.45) is 0. The third-order valence-electron chi connectivity index (χ3n) is 1.34. The highest BCUT2D eigenvalue weighted by molar-refractivity contribution is 7.43. The minimum atomic E-state index is -4.89. The van der Waals surface area contributed by atoms with Crippen LogP contribution in [-0.4, -0.2) is 34.3 Å². The molecule has 0 amide bonds. The molecule has 0 aliphatic rings. The van der Waals surface area contributed by atoms with E-state index >= 15 is 0 Å². The van der Waals surface area contributed by atoms with Gasteiger partial charge in [0, 0.05) is 0 Å². The molecule has 12 heavy (non-hydrogen) atoms. The minimum absolute atomic E-state index is 1.19. The third-order valence-corrected chi connectivity index (χ3v) is 1.34. The molecule has 2 N–H and O–H groups in total. The Morgan fingerprint density at radius 1 is 1.17 bits per heavy atom. The van der Waals surface area contributed by atoms with E-state index in [4.69, 9.17) is 19.2 Å². The molecule has 0 saturated heterocycles. The van der Waals surface area contributed by atoms with E-state index in [2.05, 4.69) is 25.7 Å². The Bertz CT molecular complexity index is 118. The average Bonchev–Trinajstić information content (AvgIpc) is 1.88. The highest BCUT2D eigenvalue weighted by Crippen LogP contribution is 2.18. The Kier molecular flexibility index (Phi) is 9.37. The van der Waals surface area contributed by atoms with Crippen LogP contribution in [0.4, 0.5) is 0 Å². The fourth-order valence-corrected chi connectivity index (χ4v) is 0.671. The second-order valence-electron chi connectivity index (χ2n) is 2.11. The molecule has 76 valence electrons. The molecule has 0 spiro atoms. The van der Waals surface area contributed by atoms with E-state index in [-0.39, 0.29) is 0 Å². The molecule has 0 bridgehead atoms. The van der Waals surface area contributed by atoms with Gasteiger partial charge in [0.05, 0.1) is 0 Å². The van der Waals surface area contributed by atoms with Crippen molar-refractivity contribution in [2.24, 2.45) is 0 Å². The van der Waals surface area contributed by atoms with Crippen molar-refractivity contribution in [3.05, 3.63) is 0 Å². The maximum atomic E-state index is 8.77. The highest BCUT2D eigenvalue weighted by Gasteiger charge is 1.89. The zero-order valence-corrected chi connectivity index (χ0v) is 8.62. The summed E-state index contributed by atoms with van der Waals surface area (Å²) in [5.74, 6) is 0. The van der Waals surface area contributed by atoms with Gasteiger partial charge >= 0.3 is 0 Å². The van der Waals surface area contributed by atoms with Gasteiger partial charge in [-0.3, -0.25) is 4.57 Å². The Morgan fingerprint density at radius 3 is 1.33 bits per heavy atom. The van der Waals surface area contributed by atoms with Crippen LogP contribution in [0.15, 0.2) is 0 Å². The Balaban J connectivity index is 0. The van der Waals surface area contributed by atoms with Crippen LogP contribution in [0.2, 0.25) is 0 Å². The predicted molar refractivity (Wildman–Crippen MR) is 45.5 cm³/mol. The van der Waals surface area contributed by atoms with E-state index in [1.807, 2.05) is 0 Å². The summed E-state index contributed by atoms with van der Waals surface area (Å²) < 4.78 is 8.77. The van der Waals surface area contributed by atoms with Crippen LogP contribution in [-0.2, 0) is 4.57 Å². The van der Waals surface area contributed by atoms with Crippen LogP contribution in [0.1, 0.15) is 20.8 Å². The van der Waals surface area contributed by atoms with Gasteiger partial charge < -0.3 is 19.6 Å². The van der Waals surface area contributed by atoms with Crippen molar-refractivity contribution < 1.29 is 19.2 Å². The summed E-state index contributed by atoms with van der Waals surface area (Å²) in [5, 5.41) is 0. The van der Waals surface area contributed by atoms with Gasteiger partial charge in [-0.05, 0) is 19.6 Å². The van der Waals surface area contributed by atoms with Crippen LogP contribution in [0, 0.1) is 0 Å². The molecule has 0 atom stereocenters. The Hall–Kier alpha value is 0.0700. The summed E-state index contributed by atoms with van der Waals surface area (Å²) >= 11 is 0. The molecule has 0 aromatic rings. The van der Waals surface area contributed by atoms with Gasteiger partial charge in [0.15, 0.2) is 0 Å². The third kappa shape index (κ3) is 22.5. The molecule has 0 rings (SSSR count). The lowest BCUT2D eigenvalue weighted by molar-refractivity contribution is -0.214. The van der Waals surface area contributed by atoms with Gasteiger partial charge in [0.25, 0.3) is 7.82 Å². The lowest BCUT2D eigenvalue weighted by Crippen LogP contribution is -2.21. The summed E-state index contributed by atoms with van der Waals surface area (Å²) in [4.78, 5) is 25.3. The summed E-state index contributed by atoms with van der Waals surface area (Å²) in [6.45, 7) is 10.1. The van der Waals surface area contributed by atoms with Crippen molar-refractivity contribution in [1.29, 1.82) is 0 Å². The molecular weight excluding hydrogens is 181 g/mol. The maximum absolute atomic E-state index is 8.77. The first kappa shape index (κ1) is 14.6. The molecule has 6 heteroatoms. The SMILES string of the molecule is CCN(CC)CC.O=P([O-])(O)O. The van der Waals surface area contributed by atoms with E-state index in [0.29, 0.717) is 0 Å². The molecule has 0 aliphatic heterocycles. The van der Waals surface area contributed by atoms with E-state index in [9.17, 15) is 0 Å². The first-order valence-corrected chi connectivity index (χ1v) is 5.37. The lowest BCUT2D eigenvalue weighted by Gasteiger charge is -2.13. The average molecular weight is 198 g/mol. The summed E-state index contributed by atoms with van der Waals surface area (Å²) in [7, 11) is -4.89. The molecule has 0 saturated carbocycles. The zero-order valence-electron chi connectivity index (χ0n) is 7.73. The van der Waals surface area contributed by atoms with Crippen molar-refractivity contribution >= 4 is 7.82 Å². The number of rotatable bonds is 3. The first-order valence-electron chi connectivity index (χ1n) is 3.84. The van der Waals surface area contributed by atoms with E-state index in [1.165, 1.54) is 19.6 Å². The monoisotopic (exact) mass is 198 g/mol. The van der Waals surface area contributed by atoms with Gasteiger partial charge in [-0.1, -0.05) is 20.8 Å². The minimum Gasteiger partial charge on any atom is -0.756 e. The molecule has 0 aliphatic carbocycles. The van der Waals surface area contributed by atoms with Crippen molar-refractivity contribution in [3.8, 4) is 0 Å². The van der Waals surface area contributed by atoms with Gasteiger partial charge in [-0.25, -0.2) is 0 Å². The standard InChI is InChI=1S/C6H15N.H3O4P/c1-4-7(5-2)6-3;1-5(2,3)4/h4-6H2,1-3H3;(H3,1,2,3,4)/p-1. The van der Waals surface area contributed by atoms with Gasteiger partial charge in [0.1, 0.15) is 0 Å². The number of nitrogens with zero attached hydrogens (tertiary/aromatic N) is 1. The number of hydrogen-bond acceptors (Lipinski definition) is 3. The second-order valence-corrected chi connectivity index (χ2v) is 3.09. The van der Waals surface area contributed by atoms with E-state index in [1.54, 1.807) is 0 Å². The van der Waals surface area contributed by atoms with E-state index < -0.39 is 7.82 Å². The topological polar surface area (TPSA) is 83.8 Å². The number of hydrogen-bond donors (Lipinski definition) is 2. The quantitative estimate of drug-likeness (QED) is 0.613. The Labute approximate surface area is 73.3 Å². The van der Waals surface area contributed by atoms with Gasteiger partial charge in [-0.2, -0.15) is 0 Å². The van der Waals surface area contributed by atoms with Crippen molar-refractivity contribution in [1.82, 2.24) is 4.90 Å². The van der Waals surface area contributed by atoms with E-state index in [0.717, 1.165) is 0 Å². The Morgan fingerprint density at radius 2 is 1.33 bits per heavy atom. The van der Waals surface area contributed by atoms with Crippen LogP contribution in [0.5, 0.6) is 0 Å². The van der Waals surface area contributed by atoms with Crippen LogP contribution < -0.4 is 4.89 Å². The molecule has 0 aromatic heterocycles. The van der Waals surface area contributed by atoms with Crippen LogP contribution in [0.3, 0.4) is 0 Å². The molecule has 0 heterocycles. The fourth-order valence-electron chi connectivity index (χ4n) is 0.671. The molecular formula is C6H17NO4P-. The largest absolute Gasteiger partial charge is 0.756 e. The van der Waals surface area contributed by atoms with Gasteiger partial charge in [-0.15, -0.1) is 0 Å². The van der Waals surface area contributed by atoms with Crippen LogP contribution in [0.25, 0.3) is 0 Å². The maximum Gasteiger partial charge on any atom is 0.262 e. The highest BCUT2D eigenvalue weighted by atomic mass is 31.2. The fraction of sp³-hybridized carbons (Fsp3) is 1.00. The van der Waals surface area contributed by atoms with Crippen LogP contribution >= 0.6 is 7.82 Å².